The number of halogens is 1. The van der Waals surface area contributed by atoms with Crippen LogP contribution in [0.1, 0.15) is 16.8 Å². The summed E-state index contributed by atoms with van der Waals surface area (Å²) in [5, 5.41) is 6.95. The predicted molar refractivity (Wildman–Crippen MR) is 143 cm³/mol. The zero-order valence-electron chi connectivity index (χ0n) is 18.5. The first-order chi connectivity index (χ1) is 17.1. The summed E-state index contributed by atoms with van der Waals surface area (Å²) in [6.07, 6.45) is 3.48. The molecule has 7 heteroatoms. The number of benzene rings is 3. The van der Waals surface area contributed by atoms with Crippen molar-refractivity contribution in [2.75, 3.05) is 5.32 Å². The summed E-state index contributed by atoms with van der Waals surface area (Å²) in [4.78, 5) is 21.9. The number of rotatable bonds is 7. The van der Waals surface area contributed by atoms with E-state index in [0.717, 1.165) is 27.7 Å². The lowest BCUT2D eigenvalue weighted by atomic mass is 10.0. The monoisotopic (exact) mass is 497 g/mol. The maximum atomic E-state index is 13.1. The molecule has 5 nitrogen and oxygen atoms in total. The molecule has 172 valence electrons. The van der Waals surface area contributed by atoms with Gasteiger partial charge in [0.2, 0.25) is 0 Å². The molecule has 0 spiro atoms. The van der Waals surface area contributed by atoms with E-state index in [2.05, 4.69) is 15.3 Å². The number of amides is 1. The average Bonchev–Trinajstić information content (AvgIpc) is 3.40. The SMILES string of the molecule is O=C(Nc1nccs1)C(=Cc1ccc(Cl)cc1)c1ccc(OCc2ccc3ccccc3n2)cc1. The van der Waals surface area contributed by atoms with E-state index in [1.807, 2.05) is 84.3 Å². The van der Waals surface area contributed by atoms with E-state index in [-0.39, 0.29) is 5.91 Å². The Balaban J connectivity index is 1.35. The van der Waals surface area contributed by atoms with Gasteiger partial charge >= 0.3 is 0 Å². The number of anilines is 1. The first-order valence-electron chi connectivity index (χ1n) is 10.9. The molecule has 2 heterocycles. The highest BCUT2D eigenvalue weighted by atomic mass is 35.5. The van der Waals surface area contributed by atoms with Crippen molar-refractivity contribution in [2.45, 2.75) is 6.61 Å². The lowest BCUT2D eigenvalue weighted by molar-refractivity contribution is -0.111. The van der Waals surface area contributed by atoms with Crippen LogP contribution in [0.3, 0.4) is 0 Å². The van der Waals surface area contributed by atoms with Gasteiger partial charge in [-0.1, -0.05) is 60.1 Å². The zero-order chi connectivity index (χ0) is 24.0. The van der Waals surface area contributed by atoms with Crippen molar-refractivity contribution in [3.8, 4) is 5.75 Å². The summed E-state index contributed by atoms with van der Waals surface area (Å²) < 4.78 is 5.95. The number of fused-ring (bicyclic) bond motifs is 1. The first-order valence-corrected chi connectivity index (χ1v) is 12.2. The number of aromatic nitrogens is 2. The van der Waals surface area contributed by atoms with E-state index < -0.39 is 0 Å². The van der Waals surface area contributed by atoms with Gasteiger partial charge in [-0.2, -0.15) is 0 Å². The summed E-state index contributed by atoms with van der Waals surface area (Å²) in [5.74, 6) is 0.443. The van der Waals surface area contributed by atoms with Gasteiger partial charge in [0.05, 0.1) is 11.2 Å². The normalized spacial score (nSPS) is 11.4. The second-order valence-corrected chi connectivity index (χ2v) is 9.04. The van der Waals surface area contributed by atoms with Crippen LogP contribution in [-0.2, 0) is 11.4 Å². The zero-order valence-corrected chi connectivity index (χ0v) is 20.1. The number of hydrogen-bond acceptors (Lipinski definition) is 5. The smallest absolute Gasteiger partial charge is 0.258 e. The largest absolute Gasteiger partial charge is 0.487 e. The van der Waals surface area contributed by atoms with E-state index in [0.29, 0.717) is 28.1 Å². The van der Waals surface area contributed by atoms with Gasteiger partial charge in [-0.05, 0) is 53.6 Å². The molecular weight excluding hydrogens is 478 g/mol. The molecule has 2 aromatic heterocycles. The van der Waals surface area contributed by atoms with Gasteiger partial charge in [-0.15, -0.1) is 11.3 Å². The number of carbonyl (C=O) groups excluding carboxylic acids is 1. The minimum atomic E-state index is -0.246. The number of ether oxygens (including phenoxy) is 1. The summed E-state index contributed by atoms with van der Waals surface area (Å²) in [7, 11) is 0. The Morgan fingerprint density at radius 3 is 2.54 bits per heavy atom. The molecule has 1 amide bonds. The van der Waals surface area contributed by atoms with Gasteiger partial charge in [0.15, 0.2) is 5.13 Å². The molecule has 0 fully saturated rings. The number of carbonyl (C=O) groups is 1. The number of nitrogens with zero attached hydrogens (tertiary/aromatic N) is 2. The standard InChI is InChI=1S/C28H20ClN3O2S/c29-22-10-5-19(6-11-22)17-25(27(33)32-28-30-15-16-35-28)20-8-13-24(14-9-20)34-18-23-12-7-21-3-1-2-4-26(21)31-23/h1-17H,18H2,(H,30,32,33). The summed E-state index contributed by atoms with van der Waals surface area (Å²) in [6, 6.07) is 26.7. The lowest BCUT2D eigenvalue weighted by Crippen LogP contribution is -2.13. The molecule has 3 aromatic carbocycles. The van der Waals surface area contributed by atoms with Crippen LogP contribution in [0.4, 0.5) is 5.13 Å². The molecule has 5 aromatic rings. The van der Waals surface area contributed by atoms with Crippen molar-refractivity contribution in [1.82, 2.24) is 9.97 Å². The molecule has 5 rings (SSSR count). The number of para-hydroxylation sites is 1. The van der Waals surface area contributed by atoms with Crippen LogP contribution in [0.5, 0.6) is 5.75 Å². The minimum absolute atomic E-state index is 0.246. The molecule has 0 radical (unpaired) electrons. The van der Waals surface area contributed by atoms with Crippen molar-refractivity contribution in [3.05, 3.63) is 118 Å². The topological polar surface area (TPSA) is 64.1 Å². The van der Waals surface area contributed by atoms with Gasteiger partial charge in [-0.25, -0.2) is 9.97 Å². The molecule has 1 N–H and O–H groups in total. The lowest BCUT2D eigenvalue weighted by Gasteiger charge is -2.11. The van der Waals surface area contributed by atoms with E-state index in [9.17, 15) is 4.79 Å². The van der Waals surface area contributed by atoms with Gasteiger partial charge < -0.3 is 4.74 Å². The van der Waals surface area contributed by atoms with Crippen LogP contribution in [0.25, 0.3) is 22.6 Å². The Bertz CT molecular complexity index is 1480. The van der Waals surface area contributed by atoms with Crippen LogP contribution in [-0.4, -0.2) is 15.9 Å². The van der Waals surface area contributed by atoms with Crippen molar-refractivity contribution < 1.29 is 9.53 Å². The van der Waals surface area contributed by atoms with Crippen LogP contribution in [0, 0.1) is 0 Å². The average molecular weight is 498 g/mol. The molecule has 35 heavy (non-hydrogen) atoms. The molecule has 0 aliphatic heterocycles. The number of hydrogen-bond donors (Lipinski definition) is 1. The molecule has 0 aliphatic rings. The van der Waals surface area contributed by atoms with Gasteiger partial charge in [0.25, 0.3) is 5.91 Å². The van der Waals surface area contributed by atoms with Crippen LogP contribution < -0.4 is 10.1 Å². The third-order valence-corrected chi connectivity index (χ3v) is 6.23. The minimum Gasteiger partial charge on any atom is -0.487 e. The fourth-order valence-electron chi connectivity index (χ4n) is 3.53. The third kappa shape index (κ3) is 5.74. The van der Waals surface area contributed by atoms with Crippen molar-refractivity contribution in [2.24, 2.45) is 0 Å². The fraction of sp³-hybridized carbons (Fsp3) is 0.0357. The highest BCUT2D eigenvalue weighted by Crippen LogP contribution is 2.25. The summed E-state index contributed by atoms with van der Waals surface area (Å²) >= 11 is 7.38. The molecule has 0 saturated heterocycles. The van der Waals surface area contributed by atoms with Gasteiger partial charge in [-0.3, -0.25) is 10.1 Å². The molecule has 0 atom stereocenters. The van der Waals surface area contributed by atoms with Gasteiger partial charge in [0.1, 0.15) is 12.4 Å². The Morgan fingerprint density at radius 2 is 1.77 bits per heavy atom. The molecular formula is C28H20ClN3O2S. The number of nitrogens with one attached hydrogen (secondary N) is 1. The predicted octanol–water partition coefficient (Wildman–Crippen LogP) is 7.10. The van der Waals surface area contributed by atoms with Crippen LogP contribution >= 0.6 is 22.9 Å². The van der Waals surface area contributed by atoms with Crippen molar-refractivity contribution in [1.29, 1.82) is 0 Å². The van der Waals surface area contributed by atoms with E-state index >= 15 is 0 Å². The van der Waals surface area contributed by atoms with E-state index in [1.165, 1.54) is 11.3 Å². The Labute approximate surface area is 211 Å². The Kier molecular flexibility index (Phi) is 6.84. The highest BCUT2D eigenvalue weighted by Gasteiger charge is 2.14. The van der Waals surface area contributed by atoms with E-state index in [1.54, 1.807) is 18.3 Å². The fourth-order valence-corrected chi connectivity index (χ4v) is 4.18. The second-order valence-electron chi connectivity index (χ2n) is 7.71. The Morgan fingerprint density at radius 1 is 0.971 bits per heavy atom. The quantitative estimate of drug-likeness (QED) is 0.192. The molecule has 0 bridgehead atoms. The van der Waals surface area contributed by atoms with Crippen molar-refractivity contribution in [3.63, 3.8) is 0 Å². The highest BCUT2D eigenvalue weighted by molar-refractivity contribution is 7.13. The number of pyridine rings is 1. The van der Waals surface area contributed by atoms with E-state index in [4.69, 9.17) is 16.3 Å². The Hall–Kier alpha value is -4.00. The maximum Gasteiger partial charge on any atom is 0.258 e. The molecule has 0 unspecified atom stereocenters. The third-order valence-electron chi connectivity index (χ3n) is 5.29. The van der Waals surface area contributed by atoms with Crippen LogP contribution in [0.15, 0.2) is 96.5 Å². The van der Waals surface area contributed by atoms with Crippen LogP contribution in [0.2, 0.25) is 5.02 Å². The number of thiazole rings is 1. The van der Waals surface area contributed by atoms with Crippen molar-refractivity contribution >= 4 is 56.5 Å². The maximum absolute atomic E-state index is 13.1. The van der Waals surface area contributed by atoms with Gasteiger partial charge in [0, 0.05) is 27.6 Å². The first kappa shape index (κ1) is 22.8. The second kappa shape index (κ2) is 10.5. The summed E-state index contributed by atoms with van der Waals surface area (Å²) in [6.45, 7) is 0.349. The summed E-state index contributed by atoms with van der Waals surface area (Å²) in [5.41, 5.74) is 3.91. The molecule has 0 aliphatic carbocycles. The molecule has 0 saturated carbocycles.